The number of anilines is 2. The Balaban J connectivity index is 1.46. The number of benzene rings is 3. The lowest BCUT2D eigenvalue weighted by atomic mass is 9.88. The Bertz CT molecular complexity index is 1080. The second-order valence-corrected chi connectivity index (χ2v) is 8.93. The van der Waals surface area contributed by atoms with E-state index in [4.69, 9.17) is 0 Å². The van der Waals surface area contributed by atoms with Crippen LogP contribution in [-0.2, 0) is 11.3 Å². The first kappa shape index (κ1) is 23.4. The van der Waals surface area contributed by atoms with Gasteiger partial charge in [-0.3, -0.25) is 4.79 Å². The van der Waals surface area contributed by atoms with Gasteiger partial charge in [-0.1, -0.05) is 60.7 Å². The number of carbonyl (C=O) groups is 2. The van der Waals surface area contributed by atoms with Gasteiger partial charge in [-0.25, -0.2) is 4.79 Å². The number of urea groups is 1. The van der Waals surface area contributed by atoms with Gasteiger partial charge in [0, 0.05) is 38.6 Å². The third-order valence-corrected chi connectivity index (χ3v) is 6.34. The van der Waals surface area contributed by atoms with E-state index in [0.29, 0.717) is 13.1 Å². The van der Waals surface area contributed by atoms with E-state index < -0.39 is 0 Å². The first-order chi connectivity index (χ1) is 16.5. The van der Waals surface area contributed by atoms with Crippen molar-refractivity contribution in [2.45, 2.75) is 25.4 Å². The van der Waals surface area contributed by atoms with E-state index >= 15 is 0 Å². The Morgan fingerprint density at radius 2 is 1.53 bits per heavy atom. The molecule has 4 rings (SSSR count). The van der Waals surface area contributed by atoms with Crippen molar-refractivity contribution in [1.29, 1.82) is 0 Å². The molecule has 0 bridgehead atoms. The predicted octanol–water partition coefficient (Wildman–Crippen LogP) is 5.05. The topological polar surface area (TPSA) is 64.7 Å². The van der Waals surface area contributed by atoms with Gasteiger partial charge in [0.15, 0.2) is 0 Å². The highest BCUT2D eigenvalue weighted by Gasteiger charge is 2.35. The molecule has 1 fully saturated rings. The van der Waals surface area contributed by atoms with E-state index in [2.05, 4.69) is 22.8 Å². The number of hydrogen-bond donors (Lipinski definition) is 2. The van der Waals surface area contributed by atoms with Crippen LogP contribution in [0.25, 0.3) is 0 Å². The van der Waals surface area contributed by atoms with Gasteiger partial charge in [0.25, 0.3) is 0 Å². The first-order valence-electron chi connectivity index (χ1n) is 11.7. The average molecular weight is 457 g/mol. The maximum atomic E-state index is 13.3. The highest BCUT2D eigenvalue weighted by Crippen LogP contribution is 2.34. The highest BCUT2D eigenvalue weighted by atomic mass is 16.2. The fourth-order valence-electron chi connectivity index (χ4n) is 4.39. The van der Waals surface area contributed by atoms with Crippen molar-refractivity contribution in [2.24, 2.45) is 5.92 Å². The van der Waals surface area contributed by atoms with Gasteiger partial charge in [0.2, 0.25) is 5.91 Å². The lowest BCUT2D eigenvalue weighted by Gasteiger charge is -2.39. The number of rotatable bonds is 6. The number of hydrogen-bond acceptors (Lipinski definition) is 3. The van der Waals surface area contributed by atoms with Gasteiger partial charge < -0.3 is 20.4 Å². The molecule has 0 spiro atoms. The Morgan fingerprint density at radius 1 is 0.882 bits per heavy atom. The van der Waals surface area contributed by atoms with Crippen molar-refractivity contribution in [3.8, 4) is 0 Å². The first-order valence-corrected chi connectivity index (χ1v) is 11.7. The maximum absolute atomic E-state index is 13.3. The number of carbonyl (C=O) groups excluding carboxylic acids is 2. The molecule has 3 aromatic rings. The summed E-state index contributed by atoms with van der Waals surface area (Å²) < 4.78 is 0. The molecule has 0 radical (unpaired) electrons. The summed E-state index contributed by atoms with van der Waals surface area (Å²) in [4.78, 5) is 30.2. The van der Waals surface area contributed by atoms with Gasteiger partial charge in [0.05, 0.1) is 12.0 Å². The summed E-state index contributed by atoms with van der Waals surface area (Å²) >= 11 is 0. The zero-order valence-corrected chi connectivity index (χ0v) is 19.8. The maximum Gasteiger partial charge on any atom is 0.318 e. The number of piperidine rings is 1. The highest BCUT2D eigenvalue weighted by molar-refractivity contribution is 5.93. The molecule has 6 heteroatoms. The average Bonchev–Trinajstić information content (AvgIpc) is 2.88. The number of likely N-dealkylation sites (tertiary alicyclic amines) is 1. The molecule has 6 nitrogen and oxygen atoms in total. The van der Waals surface area contributed by atoms with E-state index in [1.165, 1.54) is 0 Å². The SMILES string of the molecule is CN(C)c1ccc(NC(=O)C2CCC(c3ccccc3)N(C(=O)NCc3ccccc3)C2)cc1. The van der Waals surface area contributed by atoms with Crippen LogP contribution in [0.15, 0.2) is 84.9 Å². The van der Waals surface area contributed by atoms with E-state index in [9.17, 15) is 9.59 Å². The van der Waals surface area contributed by atoms with Crippen LogP contribution in [0.5, 0.6) is 0 Å². The van der Waals surface area contributed by atoms with Crippen molar-refractivity contribution in [3.05, 3.63) is 96.1 Å². The van der Waals surface area contributed by atoms with E-state index in [0.717, 1.165) is 35.3 Å². The molecule has 3 amide bonds. The summed E-state index contributed by atoms with van der Waals surface area (Å²) in [6.45, 7) is 0.828. The minimum atomic E-state index is -0.268. The Kier molecular flexibility index (Phi) is 7.48. The molecule has 1 heterocycles. The summed E-state index contributed by atoms with van der Waals surface area (Å²) in [5, 5.41) is 6.08. The molecular weight excluding hydrogens is 424 g/mol. The third kappa shape index (κ3) is 5.76. The fourth-order valence-corrected chi connectivity index (χ4v) is 4.39. The molecule has 34 heavy (non-hydrogen) atoms. The normalized spacial score (nSPS) is 17.6. The van der Waals surface area contributed by atoms with Crippen LogP contribution in [0.2, 0.25) is 0 Å². The lowest BCUT2D eigenvalue weighted by molar-refractivity contribution is -0.121. The molecule has 0 saturated carbocycles. The van der Waals surface area contributed by atoms with Crippen LogP contribution in [0, 0.1) is 5.92 Å². The van der Waals surface area contributed by atoms with Crippen LogP contribution in [0.3, 0.4) is 0 Å². The van der Waals surface area contributed by atoms with Crippen LogP contribution in [0.1, 0.15) is 30.0 Å². The van der Waals surface area contributed by atoms with Gasteiger partial charge in [-0.2, -0.15) is 0 Å². The van der Waals surface area contributed by atoms with Crippen LogP contribution >= 0.6 is 0 Å². The number of amides is 3. The number of nitrogens with one attached hydrogen (secondary N) is 2. The van der Waals surface area contributed by atoms with Gasteiger partial charge >= 0.3 is 6.03 Å². The molecule has 2 unspecified atom stereocenters. The van der Waals surface area contributed by atoms with E-state index in [-0.39, 0.29) is 23.9 Å². The summed E-state index contributed by atoms with van der Waals surface area (Å²) in [5.74, 6) is -0.319. The van der Waals surface area contributed by atoms with Crippen LogP contribution < -0.4 is 15.5 Å². The second-order valence-electron chi connectivity index (χ2n) is 8.93. The Labute approximate surface area is 201 Å². The molecule has 1 saturated heterocycles. The quantitative estimate of drug-likeness (QED) is 0.545. The van der Waals surface area contributed by atoms with Gasteiger partial charge in [-0.15, -0.1) is 0 Å². The van der Waals surface area contributed by atoms with Crippen molar-refractivity contribution >= 4 is 23.3 Å². The summed E-state index contributed by atoms with van der Waals surface area (Å²) in [6, 6.07) is 27.5. The zero-order valence-electron chi connectivity index (χ0n) is 19.8. The summed E-state index contributed by atoms with van der Waals surface area (Å²) in [7, 11) is 3.96. The van der Waals surface area contributed by atoms with Crippen molar-refractivity contribution in [1.82, 2.24) is 10.2 Å². The fraction of sp³-hybridized carbons (Fsp3) is 0.286. The van der Waals surface area contributed by atoms with Crippen LogP contribution in [0.4, 0.5) is 16.2 Å². The van der Waals surface area contributed by atoms with E-state index in [1.54, 1.807) is 0 Å². The summed E-state index contributed by atoms with van der Waals surface area (Å²) in [6.07, 6.45) is 1.46. The van der Waals surface area contributed by atoms with Crippen molar-refractivity contribution in [2.75, 3.05) is 30.9 Å². The smallest absolute Gasteiger partial charge is 0.318 e. The summed E-state index contributed by atoms with van der Waals surface area (Å²) in [5.41, 5.74) is 3.97. The minimum Gasteiger partial charge on any atom is -0.378 e. The standard InChI is InChI=1S/C28H32N4O2/c1-31(2)25-16-14-24(15-17-25)30-27(33)23-13-18-26(22-11-7-4-8-12-22)32(20-23)28(34)29-19-21-9-5-3-6-10-21/h3-12,14-17,23,26H,13,18-20H2,1-2H3,(H,29,34)(H,30,33). The van der Waals surface area contributed by atoms with Crippen molar-refractivity contribution in [3.63, 3.8) is 0 Å². The van der Waals surface area contributed by atoms with Gasteiger partial charge in [-0.05, 0) is 48.2 Å². The molecule has 1 aliphatic rings. The molecule has 2 atom stereocenters. The lowest BCUT2D eigenvalue weighted by Crippen LogP contribution is -2.49. The number of nitrogens with zero attached hydrogens (tertiary/aromatic N) is 2. The van der Waals surface area contributed by atoms with Crippen molar-refractivity contribution < 1.29 is 9.59 Å². The second kappa shape index (κ2) is 10.9. The van der Waals surface area contributed by atoms with Gasteiger partial charge in [0.1, 0.15) is 0 Å². The molecule has 3 aromatic carbocycles. The molecule has 176 valence electrons. The Morgan fingerprint density at radius 3 is 2.18 bits per heavy atom. The third-order valence-electron chi connectivity index (χ3n) is 6.34. The molecule has 2 N–H and O–H groups in total. The molecular formula is C28H32N4O2. The van der Waals surface area contributed by atoms with E-state index in [1.807, 2.05) is 96.7 Å². The molecule has 0 aliphatic carbocycles. The Hall–Kier alpha value is -3.80. The zero-order chi connectivity index (χ0) is 23.9. The molecule has 0 aromatic heterocycles. The predicted molar refractivity (Wildman–Crippen MR) is 137 cm³/mol. The minimum absolute atomic E-state index is 0.0509. The van der Waals surface area contributed by atoms with Crippen LogP contribution in [-0.4, -0.2) is 37.5 Å². The largest absolute Gasteiger partial charge is 0.378 e. The monoisotopic (exact) mass is 456 g/mol. The molecule has 1 aliphatic heterocycles.